The number of hydrogen-bond acceptors (Lipinski definition) is 7. The van der Waals surface area contributed by atoms with Crippen molar-refractivity contribution in [2.24, 2.45) is 0 Å². The first-order valence-corrected chi connectivity index (χ1v) is 13.5. The Balaban J connectivity index is 1.04. The average Bonchev–Trinajstić information content (AvgIpc) is 3.61. The molecule has 6 rings (SSSR count). The van der Waals surface area contributed by atoms with Gasteiger partial charge in [-0.25, -0.2) is 9.97 Å². The lowest BCUT2D eigenvalue weighted by molar-refractivity contribution is -0.131. The number of hydrogen-bond donors (Lipinski definition) is 2. The standard InChI is InChI=1S/C28H27N7O2S/c1-34(25-16-30-22-8-4-5-9-23(22)31-25)33-27(37)24-17-38-28(32-24)18-10-12-35(13-11-18)26(36)14-19-15-29-21-7-3-2-6-20(19)21/h2-9,15-18,29H,10-14H2,1H3,(H,33,37). The van der Waals surface area contributed by atoms with Crippen molar-refractivity contribution in [3.05, 3.63) is 82.6 Å². The summed E-state index contributed by atoms with van der Waals surface area (Å²) in [6, 6.07) is 15.6. The number of carbonyl (C=O) groups excluding carboxylic acids is 2. The number of piperidine rings is 1. The number of likely N-dealkylation sites (tertiary alicyclic amines) is 1. The van der Waals surface area contributed by atoms with Gasteiger partial charge < -0.3 is 9.88 Å². The Labute approximate surface area is 223 Å². The third kappa shape index (κ3) is 4.82. The van der Waals surface area contributed by atoms with E-state index in [1.807, 2.05) is 59.6 Å². The van der Waals surface area contributed by atoms with Crippen LogP contribution < -0.4 is 10.4 Å². The molecule has 0 saturated carbocycles. The Morgan fingerprint density at radius 3 is 2.68 bits per heavy atom. The van der Waals surface area contributed by atoms with Crippen molar-refractivity contribution in [1.29, 1.82) is 0 Å². The van der Waals surface area contributed by atoms with E-state index in [4.69, 9.17) is 0 Å². The van der Waals surface area contributed by atoms with E-state index < -0.39 is 0 Å². The van der Waals surface area contributed by atoms with Gasteiger partial charge in [-0.1, -0.05) is 30.3 Å². The minimum Gasteiger partial charge on any atom is -0.361 e. The van der Waals surface area contributed by atoms with Crippen LogP contribution in [0.3, 0.4) is 0 Å². The molecule has 1 aliphatic heterocycles. The molecule has 1 aliphatic rings. The largest absolute Gasteiger partial charge is 0.361 e. The number of carbonyl (C=O) groups is 2. The molecule has 5 aromatic rings. The molecule has 0 radical (unpaired) electrons. The first-order valence-electron chi connectivity index (χ1n) is 12.6. The maximum absolute atomic E-state index is 13.0. The SMILES string of the molecule is CN(NC(=O)c1csc(C2CCN(C(=O)Cc3c[nH]c4ccccc34)CC2)n1)c1cnc2ccccc2n1. The number of anilines is 1. The van der Waals surface area contributed by atoms with Gasteiger partial charge in [-0.3, -0.25) is 25.0 Å². The summed E-state index contributed by atoms with van der Waals surface area (Å²) in [6.45, 7) is 1.38. The Bertz CT molecular complexity index is 1620. The van der Waals surface area contributed by atoms with Crippen LogP contribution in [0.2, 0.25) is 0 Å². The lowest BCUT2D eigenvalue weighted by atomic mass is 9.97. The van der Waals surface area contributed by atoms with E-state index in [1.54, 1.807) is 23.6 Å². The van der Waals surface area contributed by atoms with Gasteiger partial charge in [0.1, 0.15) is 5.69 Å². The molecule has 10 heteroatoms. The van der Waals surface area contributed by atoms with E-state index in [0.29, 0.717) is 31.0 Å². The van der Waals surface area contributed by atoms with E-state index in [-0.39, 0.29) is 17.7 Å². The zero-order valence-corrected chi connectivity index (χ0v) is 21.7. The lowest BCUT2D eigenvalue weighted by Crippen LogP contribution is -2.40. The molecular weight excluding hydrogens is 498 g/mol. The number of nitrogens with zero attached hydrogens (tertiary/aromatic N) is 5. The van der Waals surface area contributed by atoms with Crippen LogP contribution in [-0.4, -0.2) is 56.8 Å². The summed E-state index contributed by atoms with van der Waals surface area (Å²) >= 11 is 1.50. The molecule has 2 aromatic carbocycles. The van der Waals surface area contributed by atoms with Crippen LogP contribution in [0, 0.1) is 0 Å². The topological polar surface area (TPSA) is 107 Å². The highest BCUT2D eigenvalue weighted by atomic mass is 32.1. The van der Waals surface area contributed by atoms with Crippen LogP contribution in [0.5, 0.6) is 0 Å². The Morgan fingerprint density at radius 1 is 1.08 bits per heavy atom. The number of H-pyrrole nitrogens is 1. The fourth-order valence-electron chi connectivity index (χ4n) is 4.88. The number of amides is 2. The number of aromatic nitrogens is 4. The second kappa shape index (κ2) is 10.2. The number of para-hydroxylation sites is 3. The van der Waals surface area contributed by atoms with E-state index in [2.05, 4.69) is 25.4 Å². The van der Waals surface area contributed by atoms with Crippen LogP contribution in [0.25, 0.3) is 21.9 Å². The third-order valence-electron chi connectivity index (χ3n) is 7.02. The van der Waals surface area contributed by atoms with Gasteiger partial charge in [-0.2, -0.15) is 0 Å². The van der Waals surface area contributed by atoms with Gasteiger partial charge >= 0.3 is 0 Å². The highest BCUT2D eigenvalue weighted by Gasteiger charge is 2.27. The summed E-state index contributed by atoms with van der Waals surface area (Å²) in [5.41, 5.74) is 6.84. The average molecular weight is 526 g/mol. The molecule has 192 valence electrons. The van der Waals surface area contributed by atoms with Crippen molar-refractivity contribution < 1.29 is 9.59 Å². The predicted molar refractivity (Wildman–Crippen MR) is 148 cm³/mol. The summed E-state index contributed by atoms with van der Waals surface area (Å²) in [6.07, 6.45) is 5.62. The molecule has 9 nitrogen and oxygen atoms in total. The molecule has 4 heterocycles. The van der Waals surface area contributed by atoms with Crippen molar-refractivity contribution in [2.75, 3.05) is 25.1 Å². The van der Waals surface area contributed by atoms with Crippen molar-refractivity contribution in [3.63, 3.8) is 0 Å². The van der Waals surface area contributed by atoms with Crippen LogP contribution in [-0.2, 0) is 11.2 Å². The number of thiazole rings is 1. The van der Waals surface area contributed by atoms with Gasteiger partial charge in [-0.05, 0) is 36.6 Å². The molecular formula is C28H27N7O2S. The van der Waals surface area contributed by atoms with Crippen LogP contribution in [0.4, 0.5) is 5.82 Å². The number of rotatable bonds is 6. The Morgan fingerprint density at radius 2 is 1.84 bits per heavy atom. The van der Waals surface area contributed by atoms with E-state index >= 15 is 0 Å². The second-order valence-electron chi connectivity index (χ2n) is 9.48. The minimum absolute atomic E-state index is 0.146. The monoisotopic (exact) mass is 525 g/mol. The van der Waals surface area contributed by atoms with Crippen molar-refractivity contribution >= 4 is 50.9 Å². The second-order valence-corrected chi connectivity index (χ2v) is 10.4. The minimum atomic E-state index is -0.295. The molecule has 1 saturated heterocycles. The van der Waals surface area contributed by atoms with Gasteiger partial charge in [0.25, 0.3) is 5.91 Å². The number of nitrogens with one attached hydrogen (secondary N) is 2. The lowest BCUT2D eigenvalue weighted by Gasteiger charge is -2.31. The van der Waals surface area contributed by atoms with Gasteiger partial charge in [0, 0.05) is 48.5 Å². The van der Waals surface area contributed by atoms with Crippen LogP contribution >= 0.6 is 11.3 Å². The molecule has 0 unspecified atom stereocenters. The molecule has 38 heavy (non-hydrogen) atoms. The highest BCUT2D eigenvalue weighted by molar-refractivity contribution is 7.09. The van der Waals surface area contributed by atoms with Crippen LogP contribution in [0.15, 0.2) is 66.3 Å². The molecule has 0 spiro atoms. The number of benzene rings is 2. The Kier molecular flexibility index (Phi) is 6.47. The van der Waals surface area contributed by atoms with Gasteiger partial charge in [0.05, 0.1) is 28.7 Å². The first kappa shape index (κ1) is 24.1. The first-order chi connectivity index (χ1) is 18.5. The molecule has 1 fully saturated rings. The Hall–Kier alpha value is -4.31. The van der Waals surface area contributed by atoms with Crippen molar-refractivity contribution in [1.82, 2.24) is 30.3 Å². The van der Waals surface area contributed by atoms with Gasteiger partial charge in [0.2, 0.25) is 5.91 Å². The summed E-state index contributed by atoms with van der Waals surface area (Å²) in [5, 5.41) is 5.38. The zero-order valence-electron chi connectivity index (χ0n) is 20.9. The highest BCUT2D eigenvalue weighted by Crippen LogP contribution is 2.31. The maximum atomic E-state index is 13.0. The molecule has 2 amide bonds. The number of hydrazine groups is 1. The number of aromatic amines is 1. The van der Waals surface area contributed by atoms with Crippen molar-refractivity contribution in [3.8, 4) is 0 Å². The van der Waals surface area contributed by atoms with Gasteiger partial charge in [0.15, 0.2) is 5.82 Å². The van der Waals surface area contributed by atoms with E-state index in [1.165, 1.54) is 11.3 Å². The zero-order chi connectivity index (χ0) is 26.1. The summed E-state index contributed by atoms with van der Waals surface area (Å²) in [7, 11) is 1.73. The maximum Gasteiger partial charge on any atom is 0.289 e. The molecule has 0 aliphatic carbocycles. The van der Waals surface area contributed by atoms with Crippen molar-refractivity contribution in [2.45, 2.75) is 25.2 Å². The molecule has 2 N–H and O–H groups in total. The fourth-order valence-corrected chi connectivity index (χ4v) is 5.86. The third-order valence-corrected chi connectivity index (χ3v) is 8.02. The molecule has 0 atom stereocenters. The normalized spacial score (nSPS) is 14.2. The predicted octanol–water partition coefficient (Wildman–Crippen LogP) is 4.30. The molecule has 0 bridgehead atoms. The van der Waals surface area contributed by atoms with Gasteiger partial charge in [-0.15, -0.1) is 11.3 Å². The number of fused-ring (bicyclic) bond motifs is 2. The fraction of sp³-hybridized carbons (Fsp3) is 0.250. The summed E-state index contributed by atoms with van der Waals surface area (Å²) in [4.78, 5) is 44.6. The summed E-state index contributed by atoms with van der Waals surface area (Å²) < 4.78 is 0. The molecule has 3 aromatic heterocycles. The summed E-state index contributed by atoms with van der Waals surface area (Å²) in [5.74, 6) is 0.628. The van der Waals surface area contributed by atoms with E-state index in [9.17, 15) is 9.59 Å². The van der Waals surface area contributed by atoms with E-state index in [0.717, 1.165) is 45.3 Å². The smallest absolute Gasteiger partial charge is 0.289 e. The van der Waals surface area contributed by atoms with Crippen LogP contribution in [0.1, 0.15) is 39.8 Å². The quantitative estimate of drug-likeness (QED) is 0.320.